The molecule has 0 amide bonds. The van der Waals surface area contributed by atoms with E-state index in [1.807, 2.05) is 30.1 Å². The Morgan fingerprint density at radius 1 is 1.22 bits per heavy atom. The molecule has 6 nitrogen and oxygen atoms in total. The van der Waals surface area contributed by atoms with Crippen LogP contribution in [0.2, 0.25) is 0 Å². The molecule has 27 heavy (non-hydrogen) atoms. The van der Waals surface area contributed by atoms with E-state index >= 15 is 0 Å². The number of benzene rings is 1. The first-order valence-electron chi connectivity index (χ1n) is 9.57. The van der Waals surface area contributed by atoms with E-state index in [2.05, 4.69) is 44.5 Å². The summed E-state index contributed by atoms with van der Waals surface area (Å²) in [6, 6.07) is 12.5. The molecule has 0 spiro atoms. The molecular weight excluding hydrogens is 338 g/mol. The van der Waals surface area contributed by atoms with Crippen LogP contribution in [0.1, 0.15) is 24.0 Å². The third-order valence-corrected chi connectivity index (χ3v) is 5.69. The SMILES string of the molecule is Cn1nccc1-c1[nH]ncc1CN1CCCC(CO)(Cc2ccccc2)C1. The van der Waals surface area contributed by atoms with Crippen molar-refractivity contribution >= 4 is 0 Å². The number of nitrogens with zero attached hydrogens (tertiary/aromatic N) is 4. The third-order valence-electron chi connectivity index (χ3n) is 5.69. The van der Waals surface area contributed by atoms with E-state index in [4.69, 9.17) is 0 Å². The molecule has 1 atom stereocenters. The van der Waals surface area contributed by atoms with Crippen molar-refractivity contribution in [2.75, 3.05) is 19.7 Å². The fourth-order valence-corrected chi connectivity index (χ4v) is 4.32. The van der Waals surface area contributed by atoms with Crippen molar-refractivity contribution in [3.05, 3.63) is 59.9 Å². The first-order valence-corrected chi connectivity index (χ1v) is 9.57. The molecule has 1 aromatic carbocycles. The summed E-state index contributed by atoms with van der Waals surface area (Å²) in [5.74, 6) is 0. The minimum Gasteiger partial charge on any atom is -0.396 e. The van der Waals surface area contributed by atoms with Gasteiger partial charge in [0.15, 0.2) is 0 Å². The van der Waals surface area contributed by atoms with Gasteiger partial charge in [-0.3, -0.25) is 14.7 Å². The van der Waals surface area contributed by atoms with E-state index in [0.29, 0.717) is 0 Å². The Morgan fingerprint density at radius 2 is 2.07 bits per heavy atom. The zero-order valence-corrected chi connectivity index (χ0v) is 15.8. The fourth-order valence-electron chi connectivity index (χ4n) is 4.32. The van der Waals surface area contributed by atoms with Crippen LogP contribution in [0.25, 0.3) is 11.4 Å². The summed E-state index contributed by atoms with van der Waals surface area (Å²) in [6.07, 6.45) is 6.80. The predicted octanol–water partition coefficient (Wildman–Crippen LogP) is 2.63. The number of aromatic amines is 1. The molecule has 2 N–H and O–H groups in total. The van der Waals surface area contributed by atoms with Gasteiger partial charge in [-0.05, 0) is 37.4 Å². The van der Waals surface area contributed by atoms with Gasteiger partial charge >= 0.3 is 0 Å². The molecule has 1 aliphatic rings. The molecule has 1 saturated heterocycles. The van der Waals surface area contributed by atoms with Crippen LogP contribution in [0.5, 0.6) is 0 Å². The molecule has 142 valence electrons. The molecular formula is C21H27N5O. The second-order valence-corrected chi connectivity index (χ2v) is 7.74. The van der Waals surface area contributed by atoms with Crippen molar-refractivity contribution in [1.82, 2.24) is 24.9 Å². The molecule has 0 radical (unpaired) electrons. The van der Waals surface area contributed by atoms with Gasteiger partial charge in [-0.25, -0.2) is 0 Å². The average molecular weight is 365 g/mol. The molecule has 6 heteroatoms. The highest BCUT2D eigenvalue weighted by Gasteiger charge is 2.35. The Balaban J connectivity index is 1.51. The number of aliphatic hydroxyl groups excluding tert-OH is 1. The van der Waals surface area contributed by atoms with Crippen molar-refractivity contribution in [2.24, 2.45) is 12.5 Å². The van der Waals surface area contributed by atoms with Crippen molar-refractivity contribution in [1.29, 1.82) is 0 Å². The maximum absolute atomic E-state index is 10.2. The fraction of sp³-hybridized carbons (Fsp3) is 0.429. The van der Waals surface area contributed by atoms with Gasteiger partial charge in [0.25, 0.3) is 0 Å². The second kappa shape index (κ2) is 7.66. The molecule has 3 aromatic rings. The molecule has 0 bridgehead atoms. The van der Waals surface area contributed by atoms with Gasteiger partial charge in [-0.1, -0.05) is 30.3 Å². The van der Waals surface area contributed by atoms with E-state index in [9.17, 15) is 5.11 Å². The maximum Gasteiger partial charge on any atom is 0.0876 e. The largest absolute Gasteiger partial charge is 0.396 e. The van der Waals surface area contributed by atoms with E-state index in [1.54, 1.807) is 6.20 Å². The average Bonchev–Trinajstić information content (AvgIpc) is 3.31. The van der Waals surface area contributed by atoms with Gasteiger partial charge in [0.05, 0.1) is 24.2 Å². The summed E-state index contributed by atoms with van der Waals surface area (Å²) >= 11 is 0. The summed E-state index contributed by atoms with van der Waals surface area (Å²) in [6.45, 7) is 2.99. The first-order chi connectivity index (χ1) is 13.2. The number of hydrogen-bond donors (Lipinski definition) is 2. The van der Waals surface area contributed by atoms with Gasteiger partial charge < -0.3 is 5.11 Å². The van der Waals surface area contributed by atoms with E-state index in [0.717, 1.165) is 50.3 Å². The number of aliphatic hydroxyl groups is 1. The third kappa shape index (κ3) is 3.82. The molecule has 1 unspecified atom stereocenters. The zero-order chi connectivity index (χ0) is 18.7. The van der Waals surface area contributed by atoms with Gasteiger partial charge in [0.1, 0.15) is 0 Å². The molecule has 0 aliphatic carbocycles. The quantitative estimate of drug-likeness (QED) is 0.705. The lowest BCUT2D eigenvalue weighted by molar-refractivity contribution is 0.0289. The summed E-state index contributed by atoms with van der Waals surface area (Å²) in [7, 11) is 1.94. The number of hydrogen-bond acceptors (Lipinski definition) is 4. The van der Waals surface area contributed by atoms with E-state index in [-0.39, 0.29) is 12.0 Å². The predicted molar refractivity (Wildman–Crippen MR) is 105 cm³/mol. The minimum atomic E-state index is -0.0734. The Kier molecular flexibility index (Phi) is 5.09. The summed E-state index contributed by atoms with van der Waals surface area (Å²) < 4.78 is 1.86. The van der Waals surface area contributed by atoms with E-state index in [1.165, 1.54) is 11.1 Å². The van der Waals surface area contributed by atoms with Crippen molar-refractivity contribution in [3.8, 4) is 11.4 Å². The lowest BCUT2D eigenvalue weighted by atomic mass is 9.75. The van der Waals surface area contributed by atoms with Crippen LogP contribution >= 0.6 is 0 Å². The molecule has 1 fully saturated rings. The van der Waals surface area contributed by atoms with Gasteiger partial charge in [-0.2, -0.15) is 10.2 Å². The lowest BCUT2D eigenvalue weighted by Crippen LogP contribution is -2.46. The standard InChI is InChI=1S/C21H27N5O/c1-25-19(8-10-23-25)20-18(13-22-24-20)14-26-11-5-9-21(15-26,16-27)12-17-6-3-2-4-7-17/h2-4,6-8,10,13,27H,5,9,11-12,14-16H2,1H3,(H,22,24). The van der Waals surface area contributed by atoms with Crippen LogP contribution in [0.15, 0.2) is 48.8 Å². The Morgan fingerprint density at radius 3 is 2.81 bits per heavy atom. The van der Waals surface area contributed by atoms with Gasteiger partial charge in [-0.15, -0.1) is 0 Å². The van der Waals surface area contributed by atoms with Crippen molar-refractivity contribution < 1.29 is 5.11 Å². The Bertz CT molecular complexity index is 872. The number of aromatic nitrogens is 4. The van der Waals surface area contributed by atoms with Crippen molar-refractivity contribution in [3.63, 3.8) is 0 Å². The van der Waals surface area contributed by atoms with Crippen molar-refractivity contribution in [2.45, 2.75) is 25.8 Å². The second-order valence-electron chi connectivity index (χ2n) is 7.74. The number of piperidine rings is 1. The summed E-state index contributed by atoms with van der Waals surface area (Å²) in [5.41, 5.74) is 4.46. The topological polar surface area (TPSA) is 70.0 Å². The molecule has 1 aliphatic heterocycles. The number of aryl methyl sites for hydroxylation is 1. The highest BCUT2D eigenvalue weighted by molar-refractivity contribution is 5.58. The van der Waals surface area contributed by atoms with E-state index < -0.39 is 0 Å². The first kappa shape index (κ1) is 17.9. The number of H-pyrrole nitrogens is 1. The molecule has 4 rings (SSSR count). The monoisotopic (exact) mass is 365 g/mol. The van der Waals surface area contributed by atoms with Crippen LogP contribution in [-0.2, 0) is 20.0 Å². The lowest BCUT2D eigenvalue weighted by Gasteiger charge is -2.42. The van der Waals surface area contributed by atoms with Crippen LogP contribution in [0, 0.1) is 5.41 Å². The summed E-state index contributed by atoms with van der Waals surface area (Å²) in [4.78, 5) is 2.45. The van der Waals surface area contributed by atoms with Crippen LogP contribution in [0.3, 0.4) is 0 Å². The van der Waals surface area contributed by atoms with Crippen LogP contribution < -0.4 is 0 Å². The van der Waals surface area contributed by atoms with Crippen LogP contribution in [0.4, 0.5) is 0 Å². The number of likely N-dealkylation sites (tertiary alicyclic amines) is 1. The highest BCUT2D eigenvalue weighted by Crippen LogP contribution is 2.34. The zero-order valence-electron chi connectivity index (χ0n) is 15.8. The molecule has 3 heterocycles. The number of nitrogens with one attached hydrogen (secondary N) is 1. The van der Waals surface area contributed by atoms with Crippen LogP contribution in [-0.4, -0.2) is 49.7 Å². The Hall–Kier alpha value is -2.44. The normalized spacial score (nSPS) is 20.8. The highest BCUT2D eigenvalue weighted by atomic mass is 16.3. The molecule has 0 saturated carbocycles. The Labute approximate surface area is 159 Å². The number of rotatable bonds is 6. The van der Waals surface area contributed by atoms with Gasteiger partial charge in [0, 0.05) is 37.3 Å². The summed E-state index contributed by atoms with van der Waals surface area (Å²) in [5, 5.41) is 21.9. The van der Waals surface area contributed by atoms with Gasteiger partial charge in [0.2, 0.25) is 0 Å². The minimum absolute atomic E-state index is 0.0734. The molecule has 2 aromatic heterocycles. The maximum atomic E-state index is 10.2. The smallest absolute Gasteiger partial charge is 0.0876 e.